The number of aromatic nitrogens is 1. The molecule has 30 heavy (non-hydrogen) atoms. The van der Waals surface area contributed by atoms with Gasteiger partial charge in [0.15, 0.2) is 11.6 Å². The number of halogens is 4. The SMILES string of the molecule is COc1ccc(F)c(Oc2nccc3c2C(=O)N(Cc2ccc(Br)cc2F)C3)c1F. The Bertz CT molecular complexity index is 1160. The van der Waals surface area contributed by atoms with Gasteiger partial charge < -0.3 is 14.4 Å². The van der Waals surface area contributed by atoms with E-state index in [1.165, 1.54) is 24.3 Å². The van der Waals surface area contributed by atoms with Crippen molar-refractivity contribution >= 4 is 21.8 Å². The lowest BCUT2D eigenvalue weighted by atomic mass is 10.2. The topological polar surface area (TPSA) is 51.7 Å². The molecule has 9 heteroatoms. The van der Waals surface area contributed by atoms with Crippen molar-refractivity contribution in [3.63, 3.8) is 0 Å². The van der Waals surface area contributed by atoms with Crippen LogP contribution in [0, 0.1) is 17.5 Å². The summed E-state index contributed by atoms with van der Waals surface area (Å²) in [6, 6.07) is 8.29. The van der Waals surface area contributed by atoms with Crippen molar-refractivity contribution in [2.24, 2.45) is 0 Å². The van der Waals surface area contributed by atoms with E-state index < -0.39 is 29.1 Å². The number of carbonyl (C=O) groups excluding carboxylic acids is 1. The summed E-state index contributed by atoms with van der Waals surface area (Å²) >= 11 is 3.19. The summed E-state index contributed by atoms with van der Waals surface area (Å²) in [5, 5.41) is 0. The number of amides is 1. The van der Waals surface area contributed by atoms with E-state index in [9.17, 15) is 18.0 Å². The molecule has 1 aliphatic heterocycles. The number of methoxy groups -OCH3 is 1. The van der Waals surface area contributed by atoms with Crippen molar-refractivity contribution < 1.29 is 27.4 Å². The van der Waals surface area contributed by atoms with Crippen LogP contribution in [0.1, 0.15) is 21.5 Å². The minimum atomic E-state index is -1.05. The molecule has 0 atom stereocenters. The normalized spacial score (nSPS) is 12.8. The Morgan fingerprint density at radius 1 is 1.13 bits per heavy atom. The number of ether oxygens (including phenoxy) is 2. The number of fused-ring (bicyclic) bond motifs is 1. The highest BCUT2D eigenvalue weighted by Gasteiger charge is 2.33. The number of rotatable bonds is 5. The number of pyridine rings is 1. The lowest BCUT2D eigenvalue weighted by Crippen LogP contribution is -2.24. The second kappa shape index (κ2) is 7.98. The standard InChI is InChI=1S/C21H14BrF3N2O3/c1-29-16-5-4-14(23)19(18(16)25)30-20-17-12(6-7-26-20)10-27(21(17)28)9-11-2-3-13(22)8-15(11)24/h2-8H,9-10H2,1H3. The first-order valence-electron chi connectivity index (χ1n) is 8.80. The summed E-state index contributed by atoms with van der Waals surface area (Å²) in [6.07, 6.45) is 1.38. The van der Waals surface area contributed by atoms with Crippen LogP contribution < -0.4 is 9.47 Å². The molecule has 5 nitrogen and oxygen atoms in total. The van der Waals surface area contributed by atoms with Gasteiger partial charge in [0.1, 0.15) is 11.4 Å². The molecule has 0 aliphatic carbocycles. The number of benzene rings is 2. The summed E-state index contributed by atoms with van der Waals surface area (Å²) < 4.78 is 53.6. The molecule has 1 amide bonds. The third-order valence-corrected chi connectivity index (χ3v) is 5.17. The van der Waals surface area contributed by atoms with Crippen LogP contribution in [0.25, 0.3) is 0 Å². The molecule has 0 N–H and O–H groups in total. The van der Waals surface area contributed by atoms with Crippen molar-refractivity contribution in [3.8, 4) is 17.4 Å². The van der Waals surface area contributed by atoms with Gasteiger partial charge in [-0.15, -0.1) is 0 Å². The highest BCUT2D eigenvalue weighted by Crippen LogP contribution is 2.37. The smallest absolute Gasteiger partial charge is 0.260 e. The molecule has 154 valence electrons. The van der Waals surface area contributed by atoms with Gasteiger partial charge in [0, 0.05) is 29.3 Å². The van der Waals surface area contributed by atoms with Crippen LogP contribution in [0.5, 0.6) is 17.4 Å². The molecule has 0 fully saturated rings. The number of hydrogen-bond acceptors (Lipinski definition) is 4. The third kappa shape index (κ3) is 3.60. The molecule has 4 rings (SSSR count). The Kier molecular flexibility index (Phi) is 5.38. The van der Waals surface area contributed by atoms with Crippen LogP contribution >= 0.6 is 15.9 Å². The van der Waals surface area contributed by atoms with Crippen molar-refractivity contribution in [3.05, 3.63) is 81.2 Å². The molecule has 1 aliphatic rings. The minimum Gasteiger partial charge on any atom is -0.494 e. The summed E-state index contributed by atoms with van der Waals surface area (Å²) in [6.45, 7) is 0.208. The second-order valence-electron chi connectivity index (χ2n) is 6.54. The van der Waals surface area contributed by atoms with Crippen LogP contribution in [0.15, 0.2) is 47.1 Å². The molecule has 2 aromatic carbocycles. The average molecular weight is 479 g/mol. The van der Waals surface area contributed by atoms with Crippen LogP contribution in [-0.2, 0) is 13.1 Å². The quantitative estimate of drug-likeness (QED) is 0.504. The number of nitrogens with zero attached hydrogens (tertiary/aromatic N) is 2. The largest absolute Gasteiger partial charge is 0.494 e. The summed E-state index contributed by atoms with van der Waals surface area (Å²) in [4.78, 5) is 18.3. The van der Waals surface area contributed by atoms with Gasteiger partial charge in [-0.25, -0.2) is 13.8 Å². The van der Waals surface area contributed by atoms with Crippen LogP contribution in [0.4, 0.5) is 13.2 Å². The molecule has 0 unspecified atom stereocenters. The number of hydrogen-bond donors (Lipinski definition) is 0. The van der Waals surface area contributed by atoms with Gasteiger partial charge in [0.2, 0.25) is 17.4 Å². The first-order chi connectivity index (χ1) is 14.4. The van der Waals surface area contributed by atoms with E-state index in [0.717, 1.165) is 12.1 Å². The second-order valence-corrected chi connectivity index (χ2v) is 7.46. The first-order valence-corrected chi connectivity index (χ1v) is 9.59. The Balaban J connectivity index is 1.65. The van der Waals surface area contributed by atoms with Gasteiger partial charge in [-0.1, -0.05) is 22.0 Å². The number of carbonyl (C=O) groups is 1. The average Bonchev–Trinajstić information content (AvgIpc) is 3.04. The zero-order valence-corrected chi connectivity index (χ0v) is 17.2. The van der Waals surface area contributed by atoms with E-state index in [0.29, 0.717) is 15.6 Å². The molecule has 1 aromatic heterocycles. The predicted octanol–water partition coefficient (Wildman–Crippen LogP) is 5.22. The molecule has 0 bridgehead atoms. The van der Waals surface area contributed by atoms with Crippen molar-refractivity contribution in [2.45, 2.75) is 13.1 Å². The third-order valence-electron chi connectivity index (χ3n) is 4.67. The maximum atomic E-state index is 14.5. The van der Waals surface area contributed by atoms with E-state index in [1.54, 1.807) is 18.2 Å². The molecule has 3 aromatic rings. The Morgan fingerprint density at radius 2 is 1.93 bits per heavy atom. The maximum Gasteiger partial charge on any atom is 0.260 e. The van der Waals surface area contributed by atoms with Gasteiger partial charge >= 0.3 is 0 Å². The Hall–Kier alpha value is -3.07. The zero-order valence-electron chi connectivity index (χ0n) is 15.6. The summed E-state index contributed by atoms with van der Waals surface area (Å²) in [5.41, 5.74) is 0.975. The molecule has 0 saturated heterocycles. The van der Waals surface area contributed by atoms with Crippen molar-refractivity contribution in [1.82, 2.24) is 9.88 Å². The van der Waals surface area contributed by atoms with Gasteiger partial charge in [-0.2, -0.15) is 4.39 Å². The molecule has 0 radical (unpaired) electrons. The zero-order chi connectivity index (χ0) is 21.4. The van der Waals surface area contributed by atoms with Gasteiger partial charge in [-0.05, 0) is 35.9 Å². The molecule has 0 saturated carbocycles. The summed E-state index contributed by atoms with van der Waals surface area (Å²) in [7, 11) is 1.24. The van der Waals surface area contributed by atoms with Gasteiger partial charge in [-0.3, -0.25) is 4.79 Å². The Labute approximate surface area is 178 Å². The highest BCUT2D eigenvalue weighted by molar-refractivity contribution is 9.10. The van der Waals surface area contributed by atoms with Crippen LogP contribution in [0.3, 0.4) is 0 Å². The van der Waals surface area contributed by atoms with Crippen molar-refractivity contribution in [1.29, 1.82) is 0 Å². The van der Waals surface area contributed by atoms with E-state index in [1.807, 2.05) is 0 Å². The molecule has 0 spiro atoms. The van der Waals surface area contributed by atoms with Gasteiger partial charge in [0.05, 0.1) is 7.11 Å². The van der Waals surface area contributed by atoms with E-state index in [4.69, 9.17) is 9.47 Å². The molecule has 2 heterocycles. The lowest BCUT2D eigenvalue weighted by Gasteiger charge is -2.16. The fourth-order valence-corrected chi connectivity index (χ4v) is 3.53. The monoisotopic (exact) mass is 478 g/mol. The minimum absolute atomic E-state index is 0.0218. The van der Waals surface area contributed by atoms with Crippen LogP contribution in [0.2, 0.25) is 0 Å². The van der Waals surface area contributed by atoms with E-state index in [-0.39, 0.29) is 30.3 Å². The highest BCUT2D eigenvalue weighted by atomic mass is 79.9. The lowest BCUT2D eigenvalue weighted by molar-refractivity contribution is 0.0762. The van der Waals surface area contributed by atoms with Crippen molar-refractivity contribution in [2.75, 3.05) is 7.11 Å². The Morgan fingerprint density at radius 3 is 2.67 bits per heavy atom. The summed E-state index contributed by atoms with van der Waals surface area (Å²) in [5.74, 6) is -4.11. The van der Waals surface area contributed by atoms with E-state index >= 15 is 0 Å². The van der Waals surface area contributed by atoms with Crippen LogP contribution in [-0.4, -0.2) is 22.9 Å². The fourth-order valence-electron chi connectivity index (χ4n) is 3.20. The molecular formula is C21H14BrF3N2O3. The predicted molar refractivity (Wildman–Crippen MR) is 105 cm³/mol. The fraction of sp³-hybridized carbons (Fsp3) is 0.143. The maximum absolute atomic E-state index is 14.5. The van der Waals surface area contributed by atoms with E-state index in [2.05, 4.69) is 20.9 Å². The van der Waals surface area contributed by atoms with Gasteiger partial charge in [0.25, 0.3) is 5.91 Å². The first kappa shape index (κ1) is 20.2. The molecular weight excluding hydrogens is 465 g/mol.